The van der Waals surface area contributed by atoms with Crippen LogP contribution in [-0.2, 0) is 9.84 Å². The highest BCUT2D eigenvalue weighted by Crippen LogP contribution is 2.15. The van der Waals surface area contributed by atoms with E-state index in [-0.39, 0.29) is 23.6 Å². The SMILES string of the molecule is CC(C)CC(CN(C)C)NC1CS(=O)(=O)CC1O. The van der Waals surface area contributed by atoms with Gasteiger partial charge in [-0.25, -0.2) is 8.42 Å². The number of rotatable bonds is 6. The van der Waals surface area contributed by atoms with Gasteiger partial charge < -0.3 is 15.3 Å². The first-order chi connectivity index (χ1) is 8.19. The second-order valence-electron chi connectivity index (χ2n) is 6.01. The summed E-state index contributed by atoms with van der Waals surface area (Å²) in [5, 5.41) is 13.1. The number of hydrogen-bond acceptors (Lipinski definition) is 5. The van der Waals surface area contributed by atoms with Crippen LogP contribution in [0.5, 0.6) is 0 Å². The summed E-state index contributed by atoms with van der Waals surface area (Å²) < 4.78 is 22.9. The predicted molar refractivity (Wildman–Crippen MR) is 73.4 cm³/mol. The molecule has 0 spiro atoms. The van der Waals surface area contributed by atoms with Crippen molar-refractivity contribution in [2.24, 2.45) is 5.92 Å². The summed E-state index contributed by atoms with van der Waals surface area (Å²) in [4.78, 5) is 2.08. The molecule has 0 saturated carbocycles. The second-order valence-corrected chi connectivity index (χ2v) is 8.16. The van der Waals surface area contributed by atoms with E-state index in [0.717, 1.165) is 13.0 Å². The van der Waals surface area contributed by atoms with E-state index in [0.29, 0.717) is 5.92 Å². The molecule has 5 nitrogen and oxygen atoms in total. The molecular weight excluding hydrogens is 252 g/mol. The van der Waals surface area contributed by atoms with Gasteiger partial charge in [0.1, 0.15) is 0 Å². The van der Waals surface area contributed by atoms with Gasteiger partial charge in [-0.3, -0.25) is 0 Å². The van der Waals surface area contributed by atoms with Gasteiger partial charge in [0.15, 0.2) is 9.84 Å². The van der Waals surface area contributed by atoms with Crippen LogP contribution in [0.3, 0.4) is 0 Å². The van der Waals surface area contributed by atoms with Crippen LogP contribution >= 0.6 is 0 Å². The van der Waals surface area contributed by atoms with Crippen molar-refractivity contribution in [1.29, 1.82) is 0 Å². The zero-order valence-corrected chi connectivity index (χ0v) is 12.6. The lowest BCUT2D eigenvalue weighted by Gasteiger charge is -2.28. The number of aliphatic hydroxyl groups is 1. The molecule has 2 N–H and O–H groups in total. The third-order valence-corrected chi connectivity index (χ3v) is 4.83. The van der Waals surface area contributed by atoms with E-state index in [4.69, 9.17) is 0 Å². The van der Waals surface area contributed by atoms with Crippen molar-refractivity contribution >= 4 is 9.84 Å². The summed E-state index contributed by atoms with van der Waals surface area (Å²) in [5.41, 5.74) is 0. The van der Waals surface area contributed by atoms with E-state index in [2.05, 4.69) is 24.1 Å². The molecule has 0 aromatic carbocycles. The Morgan fingerprint density at radius 1 is 1.33 bits per heavy atom. The molecule has 0 amide bonds. The molecule has 0 aromatic rings. The van der Waals surface area contributed by atoms with Crippen LogP contribution in [0.15, 0.2) is 0 Å². The number of nitrogens with zero attached hydrogens (tertiary/aromatic N) is 1. The Labute approximate surface area is 110 Å². The van der Waals surface area contributed by atoms with Gasteiger partial charge in [0.05, 0.1) is 17.6 Å². The van der Waals surface area contributed by atoms with Crippen LogP contribution < -0.4 is 5.32 Å². The fraction of sp³-hybridized carbons (Fsp3) is 1.00. The van der Waals surface area contributed by atoms with Crippen molar-refractivity contribution in [2.75, 3.05) is 32.1 Å². The maximum absolute atomic E-state index is 11.5. The van der Waals surface area contributed by atoms with Crippen molar-refractivity contribution < 1.29 is 13.5 Å². The fourth-order valence-corrected chi connectivity index (χ4v) is 4.25. The molecule has 3 unspecified atom stereocenters. The highest BCUT2D eigenvalue weighted by Gasteiger charge is 2.37. The molecule has 18 heavy (non-hydrogen) atoms. The van der Waals surface area contributed by atoms with Gasteiger partial charge in [0.25, 0.3) is 0 Å². The van der Waals surface area contributed by atoms with Crippen LogP contribution in [0.4, 0.5) is 0 Å². The number of nitrogens with one attached hydrogen (secondary N) is 1. The van der Waals surface area contributed by atoms with E-state index >= 15 is 0 Å². The monoisotopic (exact) mass is 278 g/mol. The summed E-state index contributed by atoms with van der Waals surface area (Å²) in [6.45, 7) is 5.14. The maximum atomic E-state index is 11.5. The molecule has 0 bridgehead atoms. The second kappa shape index (κ2) is 6.32. The molecular formula is C12H26N2O3S. The number of likely N-dealkylation sites (N-methyl/N-ethyl adjacent to an activating group) is 1. The van der Waals surface area contributed by atoms with Gasteiger partial charge in [0, 0.05) is 18.6 Å². The largest absolute Gasteiger partial charge is 0.390 e. The predicted octanol–water partition coefficient (Wildman–Crippen LogP) is -0.290. The number of aliphatic hydroxyl groups excluding tert-OH is 1. The fourth-order valence-electron chi connectivity index (χ4n) is 2.50. The molecule has 1 saturated heterocycles. The molecule has 1 aliphatic rings. The van der Waals surface area contributed by atoms with E-state index in [1.54, 1.807) is 0 Å². The molecule has 1 fully saturated rings. The molecule has 108 valence electrons. The van der Waals surface area contributed by atoms with E-state index < -0.39 is 15.9 Å². The van der Waals surface area contributed by atoms with Crippen molar-refractivity contribution in [3.8, 4) is 0 Å². The number of sulfone groups is 1. The summed E-state index contributed by atoms with van der Waals surface area (Å²) in [5.74, 6) is 0.481. The first kappa shape index (κ1) is 15.9. The highest BCUT2D eigenvalue weighted by atomic mass is 32.2. The Bertz CT molecular complexity index is 344. The average molecular weight is 278 g/mol. The lowest BCUT2D eigenvalue weighted by molar-refractivity contribution is 0.150. The lowest BCUT2D eigenvalue weighted by atomic mass is 10.0. The first-order valence-corrected chi connectivity index (χ1v) is 8.31. The van der Waals surface area contributed by atoms with Crippen molar-refractivity contribution in [3.63, 3.8) is 0 Å². The molecule has 6 heteroatoms. The minimum Gasteiger partial charge on any atom is -0.390 e. The molecule has 0 radical (unpaired) electrons. The third kappa shape index (κ3) is 5.22. The van der Waals surface area contributed by atoms with Gasteiger partial charge in [-0.05, 0) is 26.4 Å². The van der Waals surface area contributed by atoms with Crippen LogP contribution in [0.25, 0.3) is 0 Å². The van der Waals surface area contributed by atoms with Gasteiger partial charge in [0.2, 0.25) is 0 Å². The molecule has 3 atom stereocenters. The smallest absolute Gasteiger partial charge is 0.154 e. The molecule has 0 aromatic heterocycles. The first-order valence-electron chi connectivity index (χ1n) is 6.49. The molecule has 1 rings (SSSR count). The summed E-state index contributed by atoms with van der Waals surface area (Å²) >= 11 is 0. The van der Waals surface area contributed by atoms with Gasteiger partial charge in [-0.1, -0.05) is 13.8 Å². The summed E-state index contributed by atoms with van der Waals surface area (Å²) in [7, 11) is 0.920. The zero-order chi connectivity index (χ0) is 13.9. The van der Waals surface area contributed by atoms with Crippen molar-refractivity contribution in [2.45, 2.75) is 38.5 Å². The van der Waals surface area contributed by atoms with Gasteiger partial charge >= 0.3 is 0 Å². The van der Waals surface area contributed by atoms with E-state index in [1.165, 1.54) is 0 Å². The Kier molecular flexibility index (Phi) is 5.58. The van der Waals surface area contributed by atoms with Gasteiger partial charge in [-0.2, -0.15) is 0 Å². The third-order valence-electron chi connectivity index (χ3n) is 3.11. The van der Waals surface area contributed by atoms with E-state index in [9.17, 15) is 13.5 Å². The van der Waals surface area contributed by atoms with Crippen LogP contribution in [-0.4, -0.2) is 68.8 Å². The van der Waals surface area contributed by atoms with Crippen molar-refractivity contribution in [1.82, 2.24) is 10.2 Å². The Balaban J connectivity index is 2.60. The maximum Gasteiger partial charge on any atom is 0.154 e. The minimum absolute atomic E-state index is 0.0518. The van der Waals surface area contributed by atoms with Crippen molar-refractivity contribution in [3.05, 3.63) is 0 Å². The van der Waals surface area contributed by atoms with Gasteiger partial charge in [-0.15, -0.1) is 0 Å². The van der Waals surface area contributed by atoms with Crippen LogP contribution in [0.2, 0.25) is 0 Å². The molecule has 1 heterocycles. The lowest BCUT2D eigenvalue weighted by Crippen LogP contribution is -2.49. The number of hydrogen-bond donors (Lipinski definition) is 2. The van der Waals surface area contributed by atoms with Crippen LogP contribution in [0, 0.1) is 5.92 Å². The molecule has 1 aliphatic heterocycles. The Morgan fingerprint density at radius 2 is 1.94 bits per heavy atom. The molecule has 0 aliphatic carbocycles. The Hall–Kier alpha value is -0.170. The standard InChI is InChI=1S/C12H26N2O3S/c1-9(2)5-10(6-14(3)4)13-11-7-18(16,17)8-12(11)15/h9-13,15H,5-8H2,1-4H3. The summed E-state index contributed by atoms with van der Waals surface area (Å²) in [6.07, 6.45) is 0.202. The quantitative estimate of drug-likeness (QED) is 0.699. The zero-order valence-electron chi connectivity index (χ0n) is 11.8. The minimum atomic E-state index is -3.07. The average Bonchev–Trinajstić information content (AvgIpc) is 2.36. The topological polar surface area (TPSA) is 69.6 Å². The van der Waals surface area contributed by atoms with E-state index in [1.807, 2.05) is 14.1 Å². The summed E-state index contributed by atoms with van der Waals surface area (Å²) in [6, 6.07) is -0.105. The Morgan fingerprint density at radius 3 is 2.33 bits per heavy atom. The normalized spacial score (nSPS) is 29.1. The highest BCUT2D eigenvalue weighted by molar-refractivity contribution is 7.91. The van der Waals surface area contributed by atoms with Crippen LogP contribution in [0.1, 0.15) is 20.3 Å².